The number of aromatic amines is 1. The molecular weight excluding hydrogens is 196 g/mol. The number of rotatable bonds is 2. The fourth-order valence-electron chi connectivity index (χ4n) is 1.28. The minimum absolute atomic E-state index is 0.388. The molecule has 0 aliphatic carbocycles. The molecule has 2 rings (SSSR count). The molecule has 0 saturated carbocycles. The molecule has 0 amide bonds. The van der Waals surface area contributed by atoms with Gasteiger partial charge in [0, 0.05) is 25.5 Å². The van der Waals surface area contributed by atoms with Crippen molar-refractivity contribution < 1.29 is 0 Å². The van der Waals surface area contributed by atoms with Gasteiger partial charge in [-0.1, -0.05) is 0 Å². The van der Waals surface area contributed by atoms with Crippen LogP contribution in [0.1, 0.15) is 5.69 Å². The summed E-state index contributed by atoms with van der Waals surface area (Å²) in [4.78, 5) is 28.3. The first-order valence-corrected chi connectivity index (χ1v) is 4.42. The number of hydrogen-bond acceptors (Lipinski definition) is 3. The molecule has 0 aliphatic rings. The Hall–Kier alpha value is -2.11. The van der Waals surface area contributed by atoms with Crippen molar-refractivity contribution >= 4 is 0 Å². The molecule has 0 saturated heterocycles. The third-order valence-corrected chi connectivity index (χ3v) is 2.15. The van der Waals surface area contributed by atoms with Crippen LogP contribution in [0.25, 0.3) is 0 Å². The minimum atomic E-state index is -0.413. The van der Waals surface area contributed by atoms with Crippen LogP contribution in [0.15, 0.2) is 34.4 Å². The van der Waals surface area contributed by atoms with E-state index in [-0.39, 0.29) is 5.56 Å². The Morgan fingerprint density at radius 2 is 2.27 bits per heavy atom. The molecule has 0 unspecified atom stereocenters. The van der Waals surface area contributed by atoms with Crippen LogP contribution in [0.2, 0.25) is 0 Å². The molecule has 2 heterocycles. The summed E-state index contributed by atoms with van der Waals surface area (Å²) in [6.45, 7) is 0.395. The first kappa shape index (κ1) is 9.45. The van der Waals surface area contributed by atoms with Crippen LogP contribution in [0.5, 0.6) is 0 Å². The molecule has 0 bridgehead atoms. The fraction of sp³-hybridized carbons (Fsp3) is 0.222. The quantitative estimate of drug-likeness (QED) is 0.707. The highest BCUT2D eigenvalue weighted by atomic mass is 16.2. The summed E-state index contributed by atoms with van der Waals surface area (Å²) in [6.07, 6.45) is 4.80. The van der Waals surface area contributed by atoms with E-state index in [1.807, 2.05) is 11.6 Å². The molecule has 0 fully saturated rings. The second-order valence-corrected chi connectivity index (χ2v) is 3.23. The summed E-state index contributed by atoms with van der Waals surface area (Å²) in [5.74, 6) is 0. The molecule has 0 aliphatic heterocycles. The zero-order valence-corrected chi connectivity index (χ0v) is 8.17. The van der Waals surface area contributed by atoms with Gasteiger partial charge in [-0.25, -0.2) is 9.78 Å². The monoisotopic (exact) mass is 206 g/mol. The van der Waals surface area contributed by atoms with Crippen molar-refractivity contribution in [2.45, 2.75) is 6.54 Å². The Morgan fingerprint density at radius 3 is 2.87 bits per heavy atom. The van der Waals surface area contributed by atoms with Gasteiger partial charge in [0.1, 0.15) is 0 Å². The van der Waals surface area contributed by atoms with Crippen molar-refractivity contribution in [3.8, 4) is 0 Å². The molecule has 0 radical (unpaired) electrons. The number of aromatic nitrogens is 4. The van der Waals surface area contributed by atoms with Crippen molar-refractivity contribution in [3.63, 3.8) is 0 Å². The summed E-state index contributed by atoms with van der Waals surface area (Å²) in [6, 6.07) is 1.32. The smallest absolute Gasteiger partial charge is 0.328 e. The van der Waals surface area contributed by atoms with Crippen molar-refractivity contribution in [3.05, 3.63) is 51.3 Å². The maximum Gasteiger partial charge on any atom is 0.328 e. The van der Waals surface area contributed by atoms with E-state index in [1.54, 1.807) is 12.5 Å². The van der Waals surface area contributed by atoms with E-state index in [0.29, 0.717) is 6.54 Å². The van der Waals surface area contributed by atoms with Gasteiger partial charge in [0.25, 0.3) is 5.56 Å². The molecule has 78 valence electrons. The Morgan fingerprint density at radius 1 is 1.47 bits per heavy atom. The number of imidazole rings is 1. The van der Waals surface area contributed by atoms with E-state index >= 15 is 0 Å². The molecule has 0 atom stereocenters. The predicted octanol–water partition coefficient (Wildman–Crippen LogP) is -0.682. The van der Waals surface area contributed by atoms with Crippen LogP contribution in [0.4, 0.5) is 0 Å². The van der Waals surface area contributed by atoms with Gasteiger partial charge in [0.15, 0.2) is 0 Å². The molecule has 2 aromatic heterocycles. The molecule has 6 heteroatoms. The van der Waals surface area contributed by atoms with Gasteiger partial charge in [0.2, 0.25) is 0 Å². The predicted molar refractivity (Wildman–Crippen MR) is 53.6 cm³/mol. The first-order chi connectivity index (χ1) is 7.16. The number of H-pyrrole nitrogens is 1. The lowest BCUT2D eigenvalue weighted by atomic mass is 10.4. The van der Waals surface area contributed by atoms with Crippen LogP contribution in [0, 0.1) is 0 Å². The summed E-state index contributed by atoms with van der Waals surface area (Å²) in [5, 5.41) is 0. The Kier molecular flexibility index (Phi) is 2.24. The van der Waals surface area contributed by atoms with Crippen molar-refractivity contribution in [1.29, 1.82) is 0 Å². The third kappa shape index (κ3) is 1.88. The van der Waals surface area contributed by atoms with E-state index in [2.05, 4.69) is 9.97 Å². The minimum Gasteiger partial charge on any atom is -0.336 e. The lowest BCUT2D eigenvalue weighted by molar-refractivity contribution is 0.676. The van der Waals surface area contributed by atoms with Gasteiger partial charge in [-0.05, 0) is 0 Å². The highest BCUT2D eigenvalue weighted by molar-refractivity contribution is 4.99. The van der Waals surface area contributed by atoms with E-state index in [0.717, 1.165) is 5.69 Å². The number of nitrogens with zero attached hydrogens (tertiary/aromatic N) is 3. The maximum absolute atomic E-state index is 11.4. The standard InChI is InChI=1S/C9H10N4O2/c1-12-6-10-4-7(12)5-13-3-2-8(14)11-9(13)15/h2-4,6H,5H2,1H3,(H,11,14,15). The van der Waals surface area contributed by atoms with Crippen LogP contribution in [0.3, 0.4) is 0 Å². The maximum atomic E-state index is 11.4. The van der Waals surface area contributed by atoms with Crippen molar-refractivity contribution in [2.75, 3.05) is 0 Å². The van der Waals surface area contributed by atoms with E-state index < -0.39 is 5.69 Å². The highest BCUT2D eigenvalue weighted by Gasteiger charge is 2.01. The second-order valence-electron chi connectivity index (χ2n) is 3.23. The molecule has 0 spiro atoms. The number of hydrogen-bond donors (Lipinski definition) is 1. The van der Waals surface area contributed by atoms with Gasteiger partial charge >= 0.3 is 5.69 Å². The number of nitrogens with one attached hydrogen (secondary N) is 1. The molecular formula is C9H10N4O2. The Labute approximate surface area is 84.8 Å². The van der Waals surface area contributed by atoms with E-state index in [4.69, 9.17) is 0 Å². The molecule has 1 N–H and O–H groups in total. The van der Waals surface area contributed by atoms with Crippen LogP contribution in [-0.2, 0) is 13.6 Å². The number of aryl methyl sites for hydroxylation is 1. The largest absolute Gasteiger partial charge is 0.336 e. The van der Waals surface area contributed by atoms with Crippen LogP contribution in [-0.4, -0.2) is 19.1 Å². The third-order valence-electron chi connectivity index (χ3n) is 2.15. The molecule has 15 heavy (non-hydrogen) atoms. The Balaban J connectivity index is 2.37. The van der Waals surface area contributed by atoms with Gasteiger partial charge < -0.3 is 4.57 Å². The molecule has 0 aromatic carbocycles. The van der Waals surface area contributed by atoms with Gasteiger partial charge in [0.05, 0.1) is 18.6 Å². The fourth-order valence-corrected chi connectivity index (χ4v) is 1.28. The molecule has 6 nitrogen and oxygen atoms in total. The van der Waals surface area contributed by atoms with Gasteiger partial charge in [-0.2, -0.15) is 0 Å². The average Bonchev–Trinajstić information content (AvgIpc) is 2.57. The summed E-state index contributed by atoms with van der Waals surface area (Å²) >= 11 is 0. The summed E-state index contributed by atoms with van der Waals surface area (Å²) in [5.41, 5.74) is 0.0918. The lowest BCUT2D eigenvalue weighted by Gasteiger charge is -2.04. The first-order valence-electron chi connectivity index (χ1n) is 4.42. The SMILES string of the molecule is Cn1cncc1Cn1ccc(=O)[nH]c1=O. The second kappa shape index (κ2) is 3.56. The van der Waals surface area contributed by atoms with E-state index in [1.165, 1.54) is 16.8 Å². The Bertz CT molecular complexity index is 578. The zero-order chi connectivity index (χ0) is 10.8. The summed E-state index contributed by atoms with van der Waals surface area (Å²) in [7, 11) is 1.85. The molecule has 2 aromatic rings. The van der Waals surface area contributed by atoms with Crippen molar-refractivity contribution in [2.24, 2.45) is 7.05 Å². The van der Waals surface area contributed by atoms with E-state index in [9.17, 15) is 9.59 Å². The average molecular weight is 206 g/mol. The van der Waals surface area contributed by atoms with Gasteiger partial charge in [-0.3, -0.25) is 14.3 Å². The zero-order valence-electron chi connectivity index (χ0n) is 8.17. The highest BCUT2D eigenvalue weighted by Crippen LogP contribution is 1.97. The lowest BCUT2D eigenvalue weighted by Crippen LogP contribution is -2.29. The van der Waals surface area contributed by atoms with Crippen molar-refractivity contribution in [1.82, 2.24) is 19.1 Å². The topological polar surface area (TPSA) is 72.7 Å². The van der Waals surface area contributed by atoms with Gasteiger partial charge in [-0.15, -0.1) is 0 Å². The summed E-state index contributed by atoms with van der Waals surface area (Å²) < 4.78 is 3.23. The normalized spacial score (nSPS) is 10.5. The van der Waals surface area contributed by atoms with Crippen LogP contribution < -0.4 is 11.2 Å². The van der Waals surface area contributed by atoms with Crippen LogP contribution >= 0.6 is 0 Å².